The molecular formula is C71H71FN8O3. The van der Waals surface area contributed by atoms with E-state index in [1.165, 1.54) is 33.4 Å². The number of aromatic nitrogens is 6. The van der Waals surface area contributed by atoms with Gasteiger partial charge in [-0.3, -0.25) is 14.3 Å². The van der Waals surface area contributed by atoms with E-state index in [-0.39, 0.29) is 24.5 Å². The summed E-state index contributed by atoms with van der Waals surface area (Å²) in [5.74, 6) is -0.767. The van der Waals surface area contributed by atoms with Crippen LogP contribution in [0.3, 0.4) is 0 Å². The number of hydrogen-bond acceptors (Lipinski definition) is 5. The summed E-state index contributed by atoms with van der Waals surface area (Å²) in [5.41, 5.74) is 17.7. The minimum Gasteiger partial charge on any atom is -0.481 e. The number of rotatable bonds is 19. The Morgan fingerprint density at radius 2 is 0.795 bits per heavy atom. The van der Waals surface area contributed by atoms with Gasteiger partial charge in [-0.05, 0) is 88.9 Å². The molecule has 420 valence electrons. The van der Waals surface area contributed by atoms with Crippen molar-refractivity contribution in [3.8, 4) is 0 Å². The average molecular weight is 1100 g/mol. The second kappa shape index (κ2) is 28.5. The molecule has 11 nitrogen and oxygen atoms in total. The fourth-order valence-corrected chi connectivity index (χ4v) is 11.1. The number of aliphatic carboxylic acids is 1. The van der Waals surface area contributed by atoms with Crippen molar-refractivity contribution >= 4 is 33.7 Å². The molecule has 12 heteroatoms. The fourth-order valence-electron chi connectivity index (χ4n) is 11.1. The predicted molar refractivity (Wildman–Crippen MR) is 333 cm³/mol. The van der Waals surface area contributed by atoms with Crippen LogP contribution < -0.4 is 11.1 Å². The van der Waals surface area contributed by atoms with Gasteiger partial charge in [0.25, 0.3) is 0 Å². The minimum atomic E-state index is -0.801. The van der Waals surface area contributed by atoms with Crippen molar-refractivity contribution in [2.24, 2.45) is 5.73 Å². The fraction of sp³-hybridized carbons (Fsp3) is 0.155. The van der Waals surface area contributed by atoms with Gasteiger partial charge < -0.3 is 35.3 Å². The molecule has 0 spiro atoms. The first-order chi connectivity index (χ1) is 39.9. The van der Waals surface area contributed by atoms with Gasteiger partial charge >= 0.3 is 5.97 Å². The Balaban J connectivity index is 0.000000181. The van der Waals surface area contributed by atoms with Crippen LogP contribution in [0.25, 0.3) is 21.8 Å². The van der Waals surface area contributed by atoms with Crippen molar-refractivity contribution in [3.05, 3.63) is 324 Å². The van der Waals surface area contributed by atoms with Gasteiger partial charge in [0.2, 0.25) is 5.91 Å². The lowest BCUT2D eigenvalue weighted by Gasteiger charge is -2.37. The SMILES string of the molecule is C.F.NCCCc1cn(C(c2ccccc2)(c2ccccc2)c2ccccc2)cn1.O=C(Cc1c[nH]c2ccccc12)NCCCc1cn(C(c2ccccc2)(c2ccccc2)c2ccccc2)cn1.O=C(O)Cc1c[nH]c2ccccc12. The molecule has 0 aliphatic rings. The van der Waals surface area contributed by atoms with Crippen molar-refractivity contribution in [1.29, 1.82) is 0 Å². The number of para-hydroxylation sites is 2. The standard InChI is InChI=1S/C35H32N4O.C25H25N3.C10H9NO2.CH4.FH/c40-34(23-27-24-37-33-21-11-10-20-32(27)33)36-22-12-19-31-25-39(26-38-31)35(28-13-4-1-5-14-28,29-15-6-2-7-16-29)30-17-8-3-9-18-30;26-18-10-17-24-19-28(20-27-24)25(21-11-4-1-5-12-21,22-13-6-2-7-14-22)23-15-8-3-9-16-23;12-10(13)5-7-6-11-9-4-2-1-3-8(7)9;;/h1-11,13-18,20-21,24-26,37H,12,19,22-23H2,(H,36,40);1-9,11-16,19-20H,10,17-18,26H2;1-4,6,11H,5H2,(H,12,13);1H4;1H. The van der Waals surface area contributed by atoms with Crippen LogP contribution in [0.1, 0.15) is 76.2 Å². The summed E-state index contributed by atoms with van der Waals surface area (Å²) >= 11 is 0. The third kappa shape index (κ3) is 13.3. The summed E-state index contributed by atoms with van der Waals surface area (Å²) in [6.07, 6.45) is 15.7. The zero-order valence-electron chi connectivity index (χ0n) is 45.6. The highest BCUT2D eigenvalue weighted by Crippen LogP contribution is 2.42. The first-order valence-electron chi connectivity index (χ1n) is 27.6. The van der Waals surface area contributed by atoms with Crippen molar-refractivity contribution in [1.82, 2.24) is 34.4 Å². The summed E-state index contributed by atoms with van der Waals surface area (Å²) in [7, 11) is 0. The highest BCUT2D eigenvalue weighted by Gasteiger charge is 2.39. The van der Waals surface area contributed by atoms with E-state index in [4.69, 9.17) is 20.8 Å². The lowest BCUT2D eigenvalue weighted by Crippen LogP contribution is -2.36. The van der Waals surface area contributed by atoms with E-state index in [1.54, 1.807) is 6.20 Å². The van der Waals surface area contributed by atoms with Gasteiger partial charge in [-0.1, -0.05) is 226 Å². The van der Waals surface area contributed by atoms with Crippen molar-refractivity contribution in [2.45, 2.75) is 57.0 Å². The van der Waals surface area contributed by atoms with Crippen molar-refractivity contribution < 1.29 is 19.4 Å². The predicted octanol–water partition coefficient (Wildman–Crippen LogP) is 13.7. The maximum absolute atomic E-state index is 12.6. The summed E-state index contributed by atoms with van der Waals surface area (Å²) in [5, 5.41) is 13.8. The number of carbonyl (C=O) groups is 2. The zero-order valence-corrected chi connectivity index (χ0v) is 45.6. The summed E-state index contributed by atoms with van der Waals surface area (Å²) in [6.45, 7) is 1.28. The Labute approximate surface area is 485 Å². The number of carboxylic acid groups (broad SMARTS) is 1. The normalized spacial score (nSPS) is 11.0. The maximum Gasteiger partial charge on any atom is 0.307 e. The van der Waals surface area contributed by atoms with Gasteiger partial charge in [-0.15, -0.1) is 0 Å². The molecule has 1 amide bonds. The number of halogens is 1. The topological polar surface area (TPSA) is 160 Å². The van der Waals surface area contributed by atoms with Gasteiger partial charge in [0.1, 0.15) is 11.1 Å². The van der Waals surface area contributed by atoms with Crippen molar-refractivity contribution in [3.63, 3.8) is 0 Å². The molecule has 12 rings (SSSR count). The number of amides is 1. The van der Waals surface area contributed by atoms with Crippen LogP contribution in [0.4, 0.5) is 4.70 Å². The molecule has 4 aromatic heterocycles. The molecule has 83 heavy (non-hydrogen) atoms. The summed E-state index contributed by atoms with van der Waals surface area (Å²) < 4.78 is 4.48. The quantitative estimate of drug-likeness (QED) is 0.0400. The Morgan fingerprint density at radius 3 is 1.14 bits per heavy atom. The van der Waals surface area contributed by atoms with Crippen LogP contribution in [-0.4, -0.2) is 59.1 Å². The zero-order chi connectivity index (χ0) is 55.7. The van der Waals surface area contributed by atoms with Crippen molar-refractivity contribution in [2.75, 3.05) is 13.1 Å². The van der Waals surface area contributed by atoms with E-state index in [2.05, 4.69) is 219 Å². The molecular weight excluding hydrogens is 1030 g/mol. The third-order valence-corrected chi connectivity index (χ3v) is 14.8. The minimum absolute atomic E-state index is 0. The van der Waals surface area contributed by atoms with E-state index >= 15 is 0 Å². The van der Waals surface area contributed by atoms with E-state index < -0.39 is 17.0 Å². The highest BCUT2D eigenvalue weighted by atomic mass is 19.0. The first-order valence-corrected chi connectivity index (χ1v) is 27.6. The Kier molecular flexibility index (Phi) is 20.3. The Hall–Kier alpha value is -9.91. The molecule has 0 radical (unpaired) electrons. The van der Waals surface area contributed by atoms with Crippen LogP contribution in [0.2, 0.25) is 0 Å². The first kappa shape index (κ1) is 59.2. The molecule has 0 saturated carbocycles. The molecule has 0 fully saturated rings. The van der Waals surface area contributed by atoms with Gasteiger partial charge in [-0.25, -0.2) is 9.97 Å². The molecule has 0 aliphatic carbocycles. The number of hydrogen-bond donors (Lipinski definition) is 5. The second-order valence-corrected chi connectivity index (χ2v) is 20.0. The van der Waals surface area contributed by atoms with Crippen LogP contribution in [0.15, 0.2) is 268 Å². The van der Waals surface area contributed by atoms with Gasteiger partial charge in [-0.2, -0.15) is 0 Å². The number of nitrogens with two attached hydrogens (primary N) is 1. The molecule has 0 unspecified atom stereocenters. The maximum atomic E-state index is 12.6. The smallest absolute Gasteiger partial charge is 0.307 e. The second-order valence-electron chi connectivity index (χ2n) is 20.0. The molecule has 12 aromatic rings. The van der Waals surface area contributed by atoms with Crippen LogP contribution in [0.5, 0.6) is 0 Å². The number of nitrogens with one attached hydrogen (secondary N) is 3. The molecule has 4 heterocycles. The molecule has 0 aliphatic heterocycles. The van der Waals surface area contributed by atoms with Gasteiger partial charge in [0.05, 0.1) is 36.9 Å². The van der Waals surface area contributed by atoms with Gasteiger partial charge in [0, 0.05) is 53.1 Å². The number of nitrogens with zero attached hydrogens (tertiary/aromatic N) is 4. The molecule has 8 aromatic carbocycles. The third-order valence-electron chi connectivity index (χ3n) is 14.8. The van der Waals surface area contributed by atoms with E-state index in [9.17, 15) is 9.59 Å². The van der Waals surface area contributed by atoms with Crippen LogP contribution in [0, 0.1) is 0 Å². The number of fused-ring (bicyclic) bond motifs is 2. The monoisotopic (exact) mass is 1100 g/mol. The molecule has 0 saturated heterocycles. The largest absolute Gasteiger partial charge is 0.481 e. The van der Waals surface area contributed by atoms with E-state index in [0.717, 1.165) is 70.0 Å². The summed E-state index contributed by atoms with van der Waals surface area (Å²) in [4.78, 5) is 38.9. The van der Waals surface area contributed by atoms with Gasteiger partial charge in [0.15, 0.2) is 0 Å². The van der Waals surface area contributed by atoms with E-state index in [1.807, 2.05) is 67.4 Å². The molecule has 0 atom stereocenters. The number of imidazole rings is 2. The van der Waals surface area contributed by atoms with E-state index in [0.29, 0.717) is 19.5 Å². The number of carbonyl (C=O) groups excluding carboxylic acids is 1. The Bertz CT molecular complexity index is 3690. The number of aromatic amines is 2. The van der Waals surface area contributed by atoms with Crippen LogP contribution in [-0.2, 0) is 46.4 Å². The summed E-state index contributed by atoms with van der Waals surface area (Å²) in [6, 6.07) is 79.5. The number of aryl methyl sites for hydroxylation is 2. The van der Waals surface area contributed by atoms with Crippen LogP contribution >= 0.6 is 0 Å². The lowest BCUT2D eigenvalue weighted by atomic mass is 9.77. The average Bonchev–Trinajstić information content (AvgIpc) is 3.82. The highest BCUT2D eigenvalue weighted by molar-refractivity contribution is 5.89. The lowest BCUT2D eigenvalue weighted by molar-refractivity contribution is -0.136. The number of benzene rings is 8. The molecule has 6 N–H and O–H groups in total. The number of H-pyrrole nitrogens is 2. The Morgan fingerprint density at radius 1 is 0.470 bits per heavy atom. The molecule has 0 bridgehead atoms. The number of carboxylic acids is 1.